The van der Waals surface area contributed by atoms with Crippen LogP contribution in [0.2, 0.25) is 0 Å². The van der Waals surface area contributed by atoms with Gasteiger partial charge in [-0.1, -0.05) is 44.2 Å². The van der Waals surface area contributed by atoms with Gasteiger partial charge in [-0.2, -0.15) is 0 Å². The van der Waals surface area contributed by atoms with E-state index in [1.807, 2.05) is 44.2 Å². The fourth-order valence-corrected chi connectivity index (χ4v) is 2.29. The number of ether oxygens (including phenoxy) is 1. The Labute approximate surface area is 143 Å². The second kappa shape index (κ2) is 9.70. The van der Waals surface area contributed by atoms with Gasteiger partial charge in [0.05, 0.1) is 6.61 Å². The monoisotopic (exact) mass is 334 g/mol. The number of hydrogen-bond acceptors (Lipinski definition) is 4. The molecule has 0 unspecified atom stereocenters. The predicted molar refractivity (Wildman–Crippen MR) is 91.2 cm³/mol. The molecule has 0 aliphatic carbocycles. The average molecular weight is 334 g/mol. The summed E-state index contributed by atoms with van der Waals surface area (Å²) in [5.41, 5.74) is 0.920. The topological polar surface area (TPSA) is 84.5 Å². The molecule has 6 nitrogen and oxygen atoms in total. The molecule has 0 saturated heterocycles. The third-order valence-corrected chi connectivity index (χ3v) is 3.48. The van der Waals surface area contributed by atoms with E-state index in [2.05, 4.69) is 10.6 Å². The lowest BCUT2D eigenvalue weighted by Crippen LogP contribution is -2.54. The molecule has 0 aromatic heterocycles. The molecule has 0 radical (unpaired) electrons. The van der Waals surface area contributed by atoms with E-state index >= 15 is 0 Å². The number of nitrogens with one attached hydrogen (secondary N) is 2. The van der Waals surface area contributed by atoms with Gasteiger partial charge >= 0.3 is 5.97 Å². The van der Waals surface area contributed by atoms with Crippen LogP contribution in [0.3, 0.4) is 0 Å². The van der Waals surface area contributed by atoms with E-state index in [-0.39, 0.29) is 18.4 Å². The number of amides is 2. The molecule has 132 valence electrons. The van der Waals surface area contributed by atoms with E-state index < -0.39 is 24.0 Å². The van der Waals surface area contributed by atoms with Crippen molar-refractivity contribution in [2.24, 2.45) is 5.92 Å². The summed E-state index contributed by atoms with van der Waals surface area (Å²) in [6.07, 6.45) is 0.347. The molecule has 2 amide bonds. The second-order valence-electron chi connectivity index (χ2n) is 5.93. The zero-order valence-corrected chi connectivity index (χ0v) is 14.7. The summed E-state index contributed by atoms with van der Waals surface area (Å²) in [5, 5.41) is 5.34. The molecule has 24 heavy (non-hydrogen) atoms. The molecule has 1 aromatic carbocycles. The first-order valence-corrected chi connectivity index (χ1v) is 8.13. The number of hydrogen-bond donors (Lipinski definition) is 2. The van der Waals surface area contributed by atoms with Crippen LogP contribution < -0.4 is 10.6 Å². The average Bonchev–Trinajstić information content (AvgIpc) is 2.52. The third-order valence-electron chi connectivity index (χ3n) is 3.48. The minimum atomic E-state index is -0.749. The summed E-state index contributed by atoms with van der Waals surface area (Å²) < 4.78 is 5.00. The van der Waals surface area contributed by atoms with Crippen LogP contribution in [0.25, 0.3) is 0 Å². The quantitative estimate of drug-likeness (QED) is 0.705. The zero-order valence-electron chi connectivity index (χ0n) is 14.7. The number of rotatable bonds is 8. The van der Waals surface area contributed by atoms with Crippen LogP contribution in [0.1, 0.15) is 33.3 Å². The Kier molecular flexibility index (Phi) is 7.95. The molecule has 0 aliphatic rings. The van der Waals surface area contributed by atoms with Gasteiger partial charge in [0, 0.05) is 13.3 Å². The molecular formula is C18H26N2O4. The SMILES string of the molecule is CCOC(=O)[C@@H](NC(=O)[C@H](Cc1ccccc1)NC(C)=O)C(C)C. The molecule has 0 bridgehead atoms. The van der Waals surface area contributed by atoms with Gasteiger partial charge < -0.3 is 15.4 Å². The summed E-state index contributed by atoms with van der Waals surface area (Å²) in [6, 6.07) is 7.89. The first kappa shape index (κ1) is 19.7. The molecule has 0 spiro atoms. The van der Waals surface area contributed by atoms with E-state index in [0.717, 1.165) is 5.56 Å². The molecule has 6 heteroatoms. The number of esters is 1. The van der Waals surface area contributed by atoms with Crippen molar-refractivity contribution < 1.29 is 19.1 Å². The van der Waals surface area contributed by atoms with E-state index in [9.17, 15) is 14.4 Å². The van der Waals surface area contributed by atoms with Crippen LogP contribution in [0.15, 0.2) is 30.3 Å². The smallest absolute Gasteiger partial charge is 0.328 e. The largest absolute Gasteiger partial charge is 0.464 e. The number of benzene rings is 1. The molecule has 1 aromatic rings. The number of carbonyl (C=O) groups is 3. The molecule has 0 aliphatic heterocycles. The van der Waals surface area contributed by atoms with Crippen molar-refractivity contribution in [3.63, 3.8) is 0 Å². The molecule has 2 N–H and O–H groups in total. The van der Waals surface area contributed by atoms with Crippen molar-refractivity contribution in [1.29, 1.82) is 0 Å². The molecule has 0 saturated carbocycles. The first-order valence-electron chi connectivity index (χ1n) is 8.13. The maximum atomic E-state index is 12.6. The predicted octanol–water partition coefficient (Wildman–Crippen LogP) is 1.44. The van der Waals surface area contributed by atoms with Crippen molar-refractivity contribution in [3.8, 4) is 0 Å². The highest BCUT2D eigenvalue weighted by molar-refractivity contribution is 5.90. The second-order valence-corrected chi connectivity index (χ2v) is 5.93. The van der Waals surface area contributed by atoms with Gasteiger partial charge in [0.2, 0.25) is 11.8 Å². The van der Waals surface area contributed by atoms with Crippen LogP contribution in [-0.4, -0.2) is 36.5 Å². The van der Waals surface area contributed by atoms with Crippen LogP contribution in [-0.2, 0) is 25.5 Å². The summed E-state index contributed by atoms with van der Waals surface area (Å²) in [4.78, 5) is 36.0. The highest BCUT2D eigenvalue weighted by Crippen LogP contribution is 2.07. The molecular weight excluding hydrogens is 308 g/mol. The van der Waals surface area contributed by atoms with Crippen molar-refractivity contribution in [1.82, 2.24) is 10.6 Å². The summed E-state index contributed by atoms with van der Waals surface area (Å²) in [6.45, 7) is 6.97. The Bertz CT molecular complexity index is 557. The van der Waals surface area contributed by atoms with E-state index in [0.29, 0.717) is 6.42 Å². The minimum absolute atomic E-state index is 0.122. The van der Waals surface area contributed by atoms with E-state index in [4.69, 9.17) is 4.74 Å². The Hall–Kier alpha value is -2.37. The van der Waals surface area contributed by atoms with Crippen molar-refractivity contribution in [2.75, 3.05) is 6.61 Å². The third kappa shape index (κ3) is 6.40. The summed E-state index contributed by atoms with van der Waals surface area (Å²) in [5.74, 6) is -1.30. The van der Waals surface area contributed by atoms with Gasteiger partial charge in [0.15, 0.2) is 0 Å². The normalized spacial score (nSPS) is 13.0. The van der Waals surface area contributed by atoms with Crippen molar-refractivity contribution >= 4 is 17.8 Å². The fourth-order valence-electron chi connectivity index (χ4n) is 2.29. The van der Waals surface area contributed by atoms with E-state index in [1.165, 1.54) is 6.92 Å². The van der Waals surface area contributed by atoms with Crippen LogP contribution in [0.5, 0.6) is 0 Å². The Morgan fingerprint density at radius 1 is 1.08 bits per heavy atom. The Morgan fingerprint density at radius 2 is 1.71 bits per heavy atom. The molecule has 1 rings (SSSR count). The van der Waals surface area contributed by atoms with Gasteiger partial charge in [-0.25, -0.2) is 4.79 Å². The van der Waals surface area contributed by atoms with Crippen LogP contribution >= 0.6 is 0 Å². The highest BCUT2D eigenvalue weighted by Gasteiger charge is 2.29. The maximum absolute atomic E-state index is 12.6. The lowest BCUT2D eigenvalue weighted by molar-refractivity contribution is -0.149. The highest BCUT2D eigenvalue weighted by atomic mass is 16.5. The Morgan fingerprint density at radius 3 is 2.21 bits per heavy atom. The lowest BCUT2D eigenvalue weighted by Gasteiger charge is -2.24. The van der Waals surface area contributed by atoms with Crippen molar-refractivity contribution in [3.05, 3.63) is 35.9 Å². The molecule has 0 fully saturated rings. The van der Waals surface area contributed by atoms with Gasteiger partial charge in [0.1, 0.15) is 12.1 Å². The van der Waals surface area contributed by atoms with Gasteiger partial charge in [-0.05, 0) is 18.4 Å². The first-order chi connectivity index (χ1) is 11.3. The summed E-state index contributed by atoms with van der Waals surface area (Å²) >= 11 is 0. The zero-order chi connectivity index (χ0) is 18.1. The standard InChI is InChI=1S/C18H26N2O4/c1-5-24-18(23)16(12(2)3)20-17(22)15(19-13(4)21)11-14-9-7-6-8-10-14/h6-10,12,15-16H,5,11H2,1-4H3,(H,19,21)(H,20,22)/t15-,16-/m0/s1. The Balaban J connectivity index is 2.86. The van der Waals surface area contributed by atoms with Gasteiger partial charge in [-0.15, -0.1) is 0 Å². The number of carbonyl (C=O) groups excluding carboxylic acids is 3. The maximum Gasteiger partial charge on any atom is 0.328 e. The van der Waals surface area contributed by atoms with Crippen molar-refractivity contribution in [2.45, 2.75) is 46.2 Å². The fraction of sp³-hybridized carbons (Fsp3) is 0.500. The summed E-state index contributed by atoms with van der Waals surface area (Å²) in [7, 11) is 0. The van der Waals surface area contributed by atoms with E-state index in [1.54, 1.807) is 6.92 Å². The van der Waals surface area contributed by atoms with Gasteiger partial charge in [0.25, 0.3) is 0 Å². The minimum Gasteiger partial charge on any atom is -0.464 e. The van der Waals surface area contributed by atoms with Crippen LogP contribution in [0.4, 0.5) is 0 Å². The molecule has 0 heterocycles. The lowest BCUT2D eigenvalue weighted by atomic mass is 10.0. The van der Waals surface area contributed by atoms with Gasteiger partial charge in [-0.3, -0.25) is 9.59 Å². The van der Waals surface area contributed by atoms with Crippen LogP contribution in [0, 0.1) is 5.92 Å². The molecule has 2 atom stereocenters.